The monoisotopic (exact) mass is 361 g/mol. The standard InChI is InChI=1S/C20H27NO5/c1-20(2)25-15-11-21-16(22)10-14(18(23)17(21)19(15)26-20)8-9-24-12-13-6-4-3-5-7-13/h3-7,14-15,17-19,23H,8-12H2,1-2H3/t14-,15?,17+,18+,19?/m0/s1. The van der Waals surface area contributed by atoms with Gasteiger partial charge < -0.3 is 24.2 Å². The Balaban J connectivity index is 1.34. The molecule has 3 aliphatic rings. The minimum absolute atomic E-state index is 0.0766. The van der Waals surface area contributed by atoms with Gasteiger partial charge in [0.05, 0.1) is 25.3 Å². The third-order valence-electron chi connectivity index (χ3n) is 5.63. The second-order valence-corrected chi connectivity index (χ2v) is 7.96. The molecule has 26 heavy (non-hydrogen) atoms. The molecule has 0 saturated carbocycles. The molecule has 5 atom stereocenters. The highest BCUT2D eigenvalue weighted by molar-refractivity contribution is 5.78. The van der Waals surface area contributed by atoms with Crippen molar-refractivity contribution >= 4 is 5.91 Å². The van der Waals surface area contributed by atoms with Gasteiger partial charge in [0.2, 0.25) is 5.91 Å². The number of hydrogen-bond donors (Lipinski definition) is 1. The van der Waals surface area contributed by atoms with Gasteiger partial charge in [0.15, 0.2) is 5.79 Å². The lowest BCUT2D eigenvalue weighted by Gasteiger charge is -2.41. The van der Waals surface area contributed by atoms with Crippen molar-refractivity contribution in [3.8, 4) is 0 Å². The number of carbonyl (C=O) groups excluding carboxylic acids is 1. The summed E-state index contributed by atoms with van der Waals surface area (Å²) in [5.74, 6) is -0.686. The molecule has 6 heteroatoms. The third-order valence-corrected chi connectivity index (χ3v) is 5.63. The summed E-state index contributed by atoms with van der Waals surface area (Å²) in [4.78, 5) is 14.3. The lowest BCUT2D eigenvalue weighted by molar-refractivity contribution is -0.181. The quantitative estimate of drug-likeness (QED) is 0.809. The largest absolute Gasteiger partial charge is 0.391 e. The first-order chi connectivity index (χ1) is 12.4. The van der Waals surface area contributed by atoms with E-state index >= 15 is 0 Å². The molecule has 0 radical (unpaired) electrons. The van der Waals surface area contributed by atoms with E-state index in [-0.39, 0.29) is 30.1 Å². The fourth-order valence-corrected chi connectivity index (χ4v) is 4.45. The number of hydrogen-bond acceptors (Lipinski definition) is 5. The van der Waals surface area contributed by atoms with Crippen molar-refractivity contribution in [1.29, 1.82) is 0 Å². The maximum atomic E-state index is 12.5. The van der Waals surface area contributed by atoms with Crippen LogP contribution in [0, 0.1) is 5.92 Å². The number of amides is 1. The molecule has 0 aromatic heterocycles. The van der Waals surface area contributed by atoms with Crippen LogP contribution in [0.5, 0.6) is 0 Å². The van der Waals surface area contributed by atoms with Crippen LogP contribution in [0.15, 0.2) is 30.3 Å². The zero-order valence-electron chi connectivity index (χ0n) is 15.3. The number of piperidine rings is 1. The molecule has 6 nitrogen and oxygen atoms in total. The first-order valence-electron chi connectivity index (χ1n) is 9.39. The van der Waals surface area contributed by atoms with Crippen LogP contribution in [0.4, 0.5) is 0 Å². The summed E-state index contributed by atoms with van der Waals surface area (Å²) in [5.41, 5.74) is 1.12. The van der Waals surface area contributed by atoms with Crippen molar-refractivity contribution in [3.63, 3.8) is 0 Å². The van der Waals surface area contributed by atoms with E-state index in [1.165, 1.54) is 0 Å². The fraction of sp³-hybridized carbons (Fsp3) is 0.650. The van der Waals surface area contributed by atoms with Gasteiger partial charge in [0.25, 0.3) is 0 Å². The van der Waals surface area contributed by atoms with E-state index in [1.54, 1.807) is 4.90 Å². The normalized spacial score (nSPS) is 35.4. The smallest absolute Gasteiger partial charge is 0.223 e. The minimum atomic E-state index is -0.657. The summed E-state index contributed by atoms with van der Waals surface area (Å²) in [6.45, 7) is 5.33. The highest BCUT2D eigenvalue weighted by Gasteiger charge is 2.58. The third kappa shape index (κ3) is 3.39. The molecule has 3 aliphatic heterocycles. The van der Waals surface area contributed by atoms with Crippen LogP contribution >= 0.6 is 0 Å². The number of fused-ring (bicyclic) bond motifs is 3. The van der Waals surface area contributed by atoms with Gasteiger partial charge in [-0.1, -0.05) is 30.3 Å². The molecule has 3 heterocycles. The highest BCUT2D eigenvalue weighted by atomic mass is 16.8. The average molecular weight is 361 g/mol. The molecule has 1 N–H and O–H groups in total. The van der Waals surface area contributed by atoms with Gasteiger partial charge >= 0.3 is 0 Å². The van der Waals surface area contributed by atoms with E-state index in [2.05, 4.69) is 0 Å². The number of aliphatic hydroxyl groups is 1. The molecule has 3 saturated heterocycles. The maximum absolute atomic E-state index is 12.5. The van der Waals surface area contributed by atoms with Gasteiger partial charge in [-0.25, -0.2) is 0 Å². The zero-order chi connectivity index (χ0) is 18.3. The predicted octanol–water partition coefficient (Wildman–Crippen LogP) is 1.70. The van der Waals surface area contributed by atoms with Crippen LogP contribution in [0.2, 0.25) is 0 Å². The molecule has 4 rings (SSSR count). The molecule has 1 amide bonds. The Hall–Kier alpha value is -1.47. The Kier molecular flexibility index (Phi) is 4.77. The molecular weight excluding hydrogens is 334 g/mol. The van der Waals surface area contributed by atoms with Crippen molar-refractivity contribution in [2.24, 2.45) is 5.92 Å². The second kappa shape index (κ2) is 6.93. The van der Waals surface area contributed by atoms with Gasteiger partial charge in [0.1, 0.15) is 12.2 Å². The molecular formula is C20H27NO5. The zero-order valence-corrected chi connectivity index (χ0v) is 15.3. The van der Waals surface area contributed by atoms with E-state index in [0.717, 1.165) is 5.56 Å². The average Bonchev–Trinajstić information content (AvgIpc) is 3.09. The van der Waals surface area contributed by atoms with Gasteiger partial charge in [-0.3, -0.25) is 4.79 Å². The van der Waals surface area contributed by atoms with Crippen molar-refractivity contribution in [3.05, 3.63) is 35.9 Å². The Morgan fingerprint density at radius 3 is 2.81 bits per heavy atom. The number of carbonyl (C=O) groups is 1. The number of benzene rings is 1. The molecule has 2 unspecified atom stereocenters. The van der Waals surface area contributed by atoms with Crippen LogP contribution in [0.3, 0.4) is 0 Å². The predicted molar refractivity (Wildman–Crippen MR) is 94.2 cm³/mol. The Morgan fingerprint density at radius 1 is 1.27 bits per heavy atom. The van der Waals surface area contributed by atoms with Gasteiger partial charge in [0, 0.05) is 13.0 Å². The van der Waals surface area contributed by atoms with Crippen molar-refractivity contribution in [2.75, 3.05) is 13.2 Å². The molecule has 0 spiro atoms. The Labute approximate surface area is 154 Å². The molecule has 0 bridgehead atoms. The summed E-state index contributed by atoms with van der Waals surface area (Å²) in [6, 6.07) is 9.67. The van der Waals surface area contributed by atoms with Crippen LogP contribution in [-0.4, -0.2) is 59.2 Å². The summed E-state index contributed by atoms with van der Waals surface area (Å²) >= 11 is 0. The second-order valence-electron chi connectivity index (χ2n) is 7.96. The first kappa shape index (κ1) is 17.9. The minimum Gasteiger partial charge on any atom is -0.391 e. The summed E-state index contributed by atoms with van der Waals surface area (Å²) < 4.78 is 17.6. The molecule has 0 aliphatic carbocycles. The topological polar surface area (TPSA) is 68.2 Å². The van der Waals surface area contributed by atoms with E-state index < -0.39 is 11.9 Å². The van der Waals surface area contributed by atoms with E-state index in [1.807, 2.05) is 44.2 Å². The lowest BCUT2D eigenvalue weighted by atomic mass is 9.84. The van der Waals surface area contributed by atoms with Crippen LogP contribution in [0.1, 0.15) is 32.3 Å². The van der Waals surface area contributed by atoms with E-state index in [9.17, 15) is 9.90 Å². The van der Waals surface area contributed by atoms with E-state index in [4.69, 9.17) is 14.2 Å². The SMILES string of the molecule is CC1(C)OC2CN3C(=O)C[C@H](CCOCc4ccccc4)[C@@H](O)[C@@H]3C2O1. The number of rotatable bonds is 5. The molecule has 3 fully saturated rings. The van der Waals surface area contributed by atoms with Gasteiger partial charge in [-0.2, -0.15) is 0 Å². The molecule has 142 valence electrons. The molecule has 1 aromatic carbocycles. The Bertz CT molecular complexity index is 649. The molecule has 1 aromatic rings. The van der Waals surface area contributed by atoms with Gasteiger partial charge in [-0.15, -0.1) is 0 Å². The summed E-state index contributed by atoms with van der Waals surface area (Å²) in [7, 11) is 0. The van der Waals surface area contributed by atoms with Crippen molar-refractivity contribution in [1.82, 2.24) is 4.90 Å². The fourth-order valence-electron chi connectivity index (χ4n) is 4.45. The summed E-state index contributed by atoms with van der Waals surface area (Å²) in [6.07, 6.45) is 0.000159. The van der Waals surface area contributed by atoms with E-state index in [0.29, 0.717) is 32.6 Å². The Morgan fingerprint density at radius 2 is 2.04 bits per heavy atom. The number of ether oxygens (including phenoxy) is 3. The van der Waals surface area contributed by atoms with Crippen LogP contribution in [-0.2, 0) is 25.6 Å². The van der Waals surface area contributed by atoms with Gasteiger partial charge in [-0.05, 0) is 31.7 Å². The van der Waals surface area contributed by atoms with Crippen LogP contribution in [0.25, 0.3) is 0 Å². The van der Waals surface area contributed by atoms with Crippen molar-refractivity contribution in [2.45, 2.75) is 63.4 Å². The summed E-state index contributed by atoms with van der Waals surface area (Å²) in [5, 5.41) is 10.9. The van der Waals surface area contributed by atoms with Crippen LogP contribution < -0.4 is 0 Å². The number of nitrogens with zero attached hydrogens (tertiary/aromatic N) is 1. The lowest BCUT2D eigenvalue weighted by Crippen LogP contribution is -2.56. The number of aliphatic hydroxyl groups excluding tert-OH is 1. The van der Waals surface area contributed by atoms with Crippen molar-refractivity contribution < 1.29 is 24.1 Å². The highest BCUT2D eigenvalue weighted by Crippen LogP contribution is 2.42. The maximum Gasteiger partial charge on any atom is 0.223 e. The first-order valence-corrected chi connectivity index (χ1v) is 9.39.